The summed E-state index contributed by atoms with van der Waals surface area (Å²) in [7, 11) is 0. The third kappa shape index (κ3) is 3.01. The van der Waals surface area contributed by atoms with Crippen molar-refractivity contribution in [2.75, 3.05) is 0 Å². The molecule has 0 amide bonds. The Labute approximate surface area is 138 Å². The van der Waals surface area contributed by atoms with E-state index >= 15 is 0 Å². The Morgan fingerprint density at radius 2 is 1.96 bits per heavy atom. The summed E-state index contributed by atoms with van der Waals surface area (Å²) < 4.78 is 11.2. The molecule has 3 rings (SSSR count). The highest BCUT2D eigenvalue weighted by molar-refractivity contribution is 6.10. The van der Waals surface area contributed by atoms with Crippen LogP contribution in [0.2, 0.25) is 0 Å². The molecule has 5 nitrogen and oxygen atoms in total. The number of nitrogens with zero attached hydrogens (tertiary/aromatic N) is 1. The quantitative estimate of drug-likeness (QED) is 0.342. The zero-order chi connectivity index (χ0) is 17.1. The lowest BCUT2D eigenvalue weighted by atomic mass is 10.0. The van der Waals surface area contributed by atoms with Gasteiger partial charge in [0.05, 0.1) is 11.3 Å². The number of fused-ring (bicyclic) bond motifs is 1. The van der Waals surface area contributed by atoms with Gasteiger partial charge in [-0.2, -0.15) is 0 Å². The number of aryl methyl sites for hydroxylation is 1. The second-order valence-corrected chi connectivity index (χ2v) is 5.52. The Morgan fingerprint density at radius 1 is 1.21 bits per heavy atom. The Hall–Kier alpha value is -3.08. The molecule has 24 heavy (non-hydrogen) atoms. The summed E-state index contributed by atoms with van der Waals surface area (Å²) in [5, 5.41) is 13.2. The topological polar surface area (TPSA) is 72.0 Å². The summed E-state index contributed by atoms with van der Waals surface area (Å²) in [4.78, 5) is 11.7. The van der Waals surface area contributed by atoms with Crippen molar-refractivity contribution in [2.24, 2.45) is 5.16 Å². The molecule has 3 aromatic rings. The van der Waals surface area contributed by atoms with E-state index in [1.54, 1.807) is 13.0 Å². The molecule has 0 saturated heterocycles. The standard InChI is InChI=1S/C19H17NO4/c1-12-10-17(21)24-19-15(12)8-9-16(18(19)13(2)20-22)23-11-14-6-4-3-5-7-14/h3-10,22H,11H2,1-2H3. The molecule has 0 bridgehead atoms. The third-order valence-corrected chi connectivity index (χ3v) is 3.83. The minimum absolute atomic E-state index is 0.317. The normalized spacial score (nSPS) is 11.7. The molecule has 5 heteroatoms. The van der Waals surface area contributed by atoms with Gasteiger partial charge in [-0.1, -0.05) is 35.5 Å². The van der Waals surface area contributed by atoms with E-state index in [0.717, 1.165) is 16.5 Å². The maximum absolute atomic E-state index is 11.7. The molecule has 0 saturated carbocycles. The average Bonchev–Trinajstić information content (AvgIpc) is 2.59. The van der Waals surface area contributed by atoms with Gasteiger partial charge in [0.25, 0.3) is 0 Å². The van der Waals surface area contributed by atoms with E-state index in [4.69, 9.17) is 9.15 Å². The van der Waals surface area contributed by atoms with Gasteiger partial charge in [-0.05, 0) is 37.1 Å². The predicted molar refractivity (Wildman–Crippen MR) is 92.0 cm³/mol. The first-order chi connectivity index (χ1) is 11.6. The van der Waals surface area contributed by atoms with Gasteiger partial charge >= 0.3 is 5.63 Å². The second kappa shape index (κ2) is 6.58. The Balaban J connectivity index is 2.12. The van der Waals surface area contributed by atoms with Crippen LogP contribution in [0, 0.1) is 6.92 Å². The molecule has 0 aliphatic rings. The maximum Gasteiger partial charge on any atom is 0.336 e. The van der Waals surface area contributed by atoms with Crippen LogP contribution in [0.4, 0.5) is 0 Å². The van der Waals surface area contributed by atoms with E-state index in [2.05, 4.69) is 5.16 Å². The summed E-state index contributed by atoms with van der Waals surface area (Å²) in [6.07, 6.45) is 0. The van der Waals surface area contributed by atoms with Crippen molar-refractivity contribution in [3.63, 3.8) is 0 Å². The summed E-state index contributed by atoms with van der Waals surface area (Å²) in [6.45, 7) is 3.82. The lowest BCUT2D eigenvalue weighted by molar-refractivity contribution is 0.303. The Bertz CT molecular complexity index is 958. The van der Waals surface area contributed by atoms with Crippen molar-refractivity contribution in [1.29, 1.82) is 0 Å². The molecule has 0 fully saturated rings. The fourth-order valence-corrected chi connectivity index (χ4v) is 2.61. The first kappa shape index (κ1) is 15.8. The molecule has 1 aromatic heterocycles. The van der Waals surface area contributed by atoms with Crippen LogP contribution in [0.1, 0.15) is 23.6 Å². The van der Waals surface area contributed by atoms with Crippen LogP contribution in [0.15, 0.2) is 62.9 Å². The van der Waals surface area contributed by atoms with Crippen molar-refractivity contribution in [3.8, 4) is 5.75 Å². The zero-order valence-electron chi connectivity index (χ0n) is 13.4. The lowest BCUT2D eigenvalue weighted by Gasteiger charge is -2.13. The van der Waals surface area contributed by atoms with Crippen LogP contribution >= 0.6 is 0 Å². The van der Waals surface area contributed by atoms with Crippen LogP contribution in [0.5, 0.6) is 5.75 Å². The highest BCUT2D eigenvalue weighted by atomic mass is 16.5. The summed E-state index contributed by atoms with van der Waals surface area (Å²) in [5.74, 6) is 0.496. The van der Waals surface area contributed by atoms with E-state index in [1.807, 2.05) is 43.3 Å². The predicted octanol–water partition coefficient (Wildman–Crippen LogP) is 3.88. The van der Waals surface area contributed by atoms with Gasteiger partial charge in [-0.25, -0.2) is 4.79 Å². The van der Waals surface area contributed by atoms with Crippen molar-refractivity contribution in [1.82, 2.24) is 0 Å². The van der Waals surface area contributed by atoms with Crippen LogP contribution in [-0.2, 0) is 6.61 Å². The molecule has 1 N–H and O–H groups in total. The second-order valence-electron chi connectivity index (χ2n) is 5.52. The largest absolute Gasteiger partial charge is 0.488 e. The fourth-order valence-electron chi connectivity index (χ4n) is 2.61. The number of ether oxygens (including phenoxy) is 1. The van der Waals surface area contributed by atoms with Crippen LogP contribution in [0.3, 0.4) is 0 Å². The van der Waals surface area contributed by atoms with E-state index in [0.29, 0.717) is 29.2 Å². The number of hydrogen-bond donors (Lipinski definition) is 1. The molecule has 1 heterocycles. The molecule has 2 aromatic carbocycles. The molecular formula is C19H17NO4. The number of hydrogen-bond acceptors (Lipinski definition) is 5. The van der Waals surface area contributed by atoms with Crippen molar-refractivity contribution >= 4 is 16.7 Å². The van der Waals surface area contributed by atoms with Crippen LogP contribution in [-0.4, -0.2) is 10.9 Å². The summed E-state index contributed by atoms with van der Waals surface area (Å²) >= 11 is 0. The van der Waals surface area contributed by atoms with E-state index < -0.39 is 5.63 Å². The molecular weight excluding hydrogens is 306 g/mol. The number of rotatable bonds is 4. The monoisotopic (exact) mass is 323 g/mol. The Kier molecular flexibility index (Phi) is 4.33. The van der Waals surface area contributed by atoms with Gasteiger partial charge in [0.2, 0.25) is 0 Å². The van der Waals surface area contributed by atoms with Gasteiger partial charge in [-0.15, -0.1) is 0 Å². The van der Waals surface area contributed by atoms with Gasteiger partial charge < -0.3 is 14.4 Å². The van der Waals surface area contributed by atoms with Crippen LogP contribution in [0.25, 0.3) is 11.0 Å². The minimum Gasteiger partial charge on any atom is -0.488 e. The molecule has 0 aliphatic carbocycles. The first-order valence-corrected chi connectivity index (χ1v) is 7.53. The van der Waals surface area contributed by atoms with Gasteiger partial charge in [0.15, 0.2) is 5.58 Å². The molecule has 0 unspecified atom stereocenters. The molecule has 0 atom stereocenters. The average molecular weight is 323 g/mol. The van der Waals surface area contributed by atoms with Gasteiger partial charge in [0.1, 0.15) is 12.4 Å². The Morgan fingerprint density at radius 3 is 2.67 bits per heavy atom. The molecule has 0 spiro atoms. The highest BCUT2D eigenvalue weighted by Crippen LogP contribution is 2.30. The molecule has 0 radical (unpaired) electrons. The minimum atomic E-state index is -0.452. The van der Waals surface area contributed by atoms with E-state index in [9.17, 15) is 10.0 Å². The van der Waals surface area contributed by atoms with Gasteiger partial charge in [-0.3, -0.25) is 0 Å². The lowest BCUT2D eigenvalue weighted by Crippen LogP contribution is -2.06. The number of oxime groups is 1. The maximum atomic E-state index is 11.7. The summed E-state index contributed by atoms with van der Waals surface area (Å²) in [6, 6.07) is 14.8. The van der Waals surface area contributed by atoms with Crippen molar-refractivity contribution in [2.45, 2.75) is 20.5 Å². The zero-order valence-corrected chi connectivity index (χ0v) is 13.4. The SMILES string of the molecule is CC(=NO)c1c(OCc2ccccc2)ccc2c(C)cc(=O)oc12. The van der Waals surface area contributed by atoms with Gasteiger partial charge in [0, 0.05) is 11.5 Å². The smallest absolute Gasteiger partial charge is 0.336 e. The van der Waals surface area contributed by atoms with E-state index in [1.165, 1.54) is 6.07 Å². The molecule has 122 valence electrons. The first-order valence-electron chi connectivity index (χ1n) is 7.53. The highest BCUT2D eigenvalue weighted by Gasteiger charge is 2.16. The van der Waals surface area contributed by atoms with E-state index in [-0.39, 0.29) is 0 Å². The van der Waals surface area contributed by atoms with Crippen molar-refractivity contribution < 1.29 is 14.4 Å². The fraction of sp³-hybridized carbons (Fsp3) is 0.158. The molecule has 0 aliphatic heterocycles. The number of benzene rings is 2. The third-order valence-electron chi connectivity index (χ3n) is 3.83. The van der Waals surface area contributed by atoms with Crippen LogP contribution < -0.4 is 10.4 Å². The van der Waals surface area contributed by atoms with Crippen molar-refractivity contribution in [3.05, 3.63) is 75.6 Å². The summed E-state index contributed by atoms with van der Waals surface area (Å²) in [5.41, 5.74) is 2.51.